The Labute approximate surface area is 182 Å². The van der Waals surface area contributed by atoms with Crippen LogP contribution in [0.1, 0.15) is 53.7 Å². The zero-order valence-corrected chi connectivity index (χ0v) is 18.2. The molecule has 154 valence electrons. The maximum atomic E-state index is 13.0. The van der Waals surface area contributed by atoms with Gasteiger partial charge in [-0.15, -0.1) is 11.3 Å². The molecule has 1 unspecified atom stereocenters. The molecule has 3 aromatic rings. The van der Waals surface area contributed by atoms with Crippen molar-refractivity contribution in [2.75, 3.05) is 18.4 Å². The number of thiophene rings is 1. The van der Waals surface area contributed by atoms with Gasteiger partial charge in [0.25, 0.3) is 0 Å². The van der Waals surface area contributed by atoms with Crippen LogP contribution in [0.25, 0.3) is 10.1 Å². The van der Waals surface area contributed by atoms with Crippen molar-refractivity contribution in [3.8, 4) is 0 Å². The molecule has 2 aliphatic heterocycles. The Bertz CT molecular complexity index is 1130. The molecule has 1 atom stereocenters. The zero-order chi connectivity index (χ0) is 20.1. The molecule has 1 aromatic heterocycles. The third kappa shape index (κ3) is 2.84. The molecule has 4 heteroatoms. The number of benzene rings is 2. The van der Waals surface area contributed by atoms with Gasteiger partial charge in [-0.1, -0.05) is 36.8 Å². The van der Waals surface area contributed by atoms with Crippen molar-refractivity contribution in [1.82, 2.24) is 4.90 Å². The van der Waals surface area contributed by atoms with Gasteiger partial charge in [-0.2, -0.15) is 0 Å². The number of rotatable bonds is 5. The van der Waals surface area contributed by atoms with Crippen LogP contribution in [-0.4, -0.2) is 23.9 Å². The van der Waals surface area contributed by atoms with Crippen LogP contribution in [0.2, 0.25) is 0 Å². The molecular formula is C26H28N2OS. The fourth-order valence-corrected chi connectivity index (χ4v) is 7.37. The van der Waals surface area contributed by atoms with Crippen molar-refractivity contribution in [1.29, 1.82) is 0 Å². The monoisotopic (exact) mass is 416 g/mol. The molecule has 0 spiro atoms. The van der Waals surface area contributed by atoms with Crippen LogP contribution in [0.3, 0.4) is 0 Å². The number of nitrogens with zero attached hydrogens (tertiary/aromatic N) is 1. The summed E-state index contributed by atoms with van der Waals surface area (Å²) < 4.78 is 1.43. The Hall–Kier alpha value is -2.17. The number of nitrogens with one attached hydrogen (secondary N) is 1. The molecule has 30 heavy (non-hydrogen) atoms. The summed E-state index contributed by atoms with van der Waals surface area (Å²) in [7, 11) is 0. The van der Waals surface area contributed by atoms with Gasteiger partial charge in [0.05, 0.1) is 5.41 Å². The highest BCUT2D eigenvalue weighted by molar-refractivity contribution is 7.19. The lowest BCUT2D eigenvalue weighted by atomic mass is 9.68. The highest BCUT2D eigenvalue weighted by Gasteiger charge is 2.48. The third-order valence-electron chi connectivity index (χ3n) is 7.52. The highest BCUT2D eigenvalue weighted by Crippen LogP contribution is 2.49. The lowest BCUT2D eigenvalue weighted by Gasteiger charge is -2.33. The second kappa shape index (κ2) is 7.21. The van der Waals surface area contributed by atoms with Crippen molar-refractivity contribution in [2.45, 2.75) is 56.9 Å². The first-order chi connectivity index (χ1) is 14.7. The van der Waals surface area contributed by atoms with Crippen molar-refractivity contribution in [3.63, 3.8) is 0 Å². The predicted molar refractivity (Wildman–Crippen MR) is 124 cm³/mol. The molecule has 2 aromatic carbocycles. The summed E-state index contributed by atoms with van der Waals surface area (Å²) in [6.45, 7) is 3.39. The molecule has 0 fully saturated rings. The average molecular weight is 417 g/mol. The van der Waals surface area contributed by atoms with E-state index in [1.54, 1.807) is 10.4 Å². The number of carbonyl (C=O) groups excluding carboxylic acids is 1. The van der Waals surface area contributed by atoms with Crippen LogP contribution in [0.5, 0.6) is 0 Å². The van der Waals surface area contributed by atoms with Gasteiger partial charge in [-0.05, 0) is 79.3 Å². The highest BCUT2D eigenvalue weighted by atomic mass is 32.1. The number of anilines is 1. The summed E-state index contributed by atoms with van der Waals surface area (Å²) in [5, 5.41) is 4.65. The summed E-state index contributed by atoms with van der Waals surface area (Å²) in [5.74, 6) is 0.248. The molecule has 3 heterocycles. The standard InChI is InChI=1S/C26H28N2OS/c29-25-26(14-6-8-18-7-5-10-21(27-25)24(18)26)13-3-4-15-28-16-12-20-19-9-1-2-11-22(19)30-23(20)17-28/h1-2,5,7,9-11H,3-4,6,8,12-17H2,(H,27,29). The van der Waals surface area contributed by atoms with Crippen LogP contribution in [0.15, 0.2) is 42.5 Å². The number of hydrogen-bond acceptors (Lipinski definition) is 3. The Balaban J connectivity index is 1.11. The second-order valence-electron chi connectivity index (χ2n) is 9.21. The average Bonchev–Trinajstić information content (AvgIpc) is 3.28. The van der Waals surface area contributed by atoms with E-state index in [1.165, 1.54) is 34.1 Å². The van der Waals surface area contributed by atoms with Gasteiger partial charge in [-0.25, -0.2) is 0 Å². The van der Waals surface area contributed by atoms with E-state index in [4.69, 9.17) is 0 Å². The lowest BCUT2D eigenvalue weighted by Crippen LogP contribution is -2.37. The third-order valence-corrected chi connectivity index (χ3v) is 8.71. The van der Waals surface area contributed by atoms with E-state index in [1.807, 2.05) is 11.3 Å². The van der Waals surface area contributed by atoms with E-state index in [0.717, 1.165) is 57.4 Å². The Morgan fingerprint density at radius 2 is 2.00 bits per heavy atom. The fourth-order valence-electron chi connectivity index (χ4n) is 6.07. The number of amides is 1. The fraction of sp³-hybridized carbons (Fsp3) is 0.423. The number of fused-ring (bicyclic) bond motifs is 3. The summed E-state index contributed by atoms with van der Waals surface area (Å²) in [4.78, 5) is 17.1. The SMILES string of the molecule is O=C1Nc2cccc3c2C1(CCCCN1CCc2c(sc4ccccc24)C1)CCC3. The van der Waals surface area contributed by atoms with Gasteiger partial charge in [0.2, 0.25) is 5.91 Å². The van der Waals surface area contributed by atoms with Crippen LogP contribution >= 0.6 is 11.3 Å². The van der Waals surface area contributed by atoms with Crippen molar-refractivity contribution in [3.05, 3.63) is 64.0 Å². The summed E-state index contributed by atoms with van der Waals surface area (Å²) in [6, 6.07) is 15.2. The first-order valence-electron chi connectivity index (χ1n) is 11.4. The molecule has 3 aliphatic rings. The normalized spacial score (nSPS) is 22.7. The van der Waals surface area contributed by atoms with E-state index in [9.17, 15) is 4.79 Å². The van der Waals surface area contributed by atoms with E-state index >= 15 is 0 Å². The first-order valence-corrected chi connectivity index (χ1v) is 12.2. The molecule has 0 saturated carbocycles. The number of unbranched alkanes of at least 4 members (excludes halogenated alkanes) is 1. The molecule has 6 rings (SSSR count). The minimum Gasteiger partial charge on any atom is -0.325 e. The number of hydrogen-bond donors (Lipinski definition) is 1. The Morgan fingerprint density at radius 3 is 2.97 bits per heavy atom. The zero-order valence-electron chi connectivity index (χ0n) is 17.4. The van der Waals surface area contributed by atoms with Gasteiger partial charge in [-0.3, -0.25) is 9.69 Å². The van der Waals surface area contributed by atoms with Crippen LogP contribution in [-0.2, 0) is 29.6 Å². The van der Waals surface area contributed by atoms with Gasteiger partial charge in [0, 0.05) is 28.4 Å². The summed E-state index contributed by atoms with van der Waals surface area (Å²) in [6.07, 6.45) is 7.71. The molecule has 1 aliphatic carbocycles. The van der Waals surface area contributed by atoms with Crippen LogP contribution < -0.4 is 5.32 Å². The number of carbonyl (C=O) groups is 1. The maximum absolute atomic E-state index is 13.0. The number of aryl methyl sites for hydroxylation is 1. The van der Waals surface area contributed by atoms with E-state index in [2.05, 4.69) is 52.7 Å². The van der Waals surface area contributed by atoms with E-state index < -0.39 is 0 Å². The molecule has 0 radical (unpaired) electrons. The van der Waals surface area contributed by atoms with Crippen LogP contribution in [0, 0.1) is 0 Å². The molecular weight excluding hydrogens is 388 g/mol. The Kier molecular flexibility index (Phi) is 4.47. The minimum absolute atomic E-state index is 0.248. The molecule has 3 nitrogen and oxygen atoms in total. The maximum Gasteiger partial charge on any atom is 0.235 e. The van der Waals surface area contributed by atoms with E-state index in [0.29, 0.717) is 0 Å². The molecule has 1 N–H and O–H groups in total. The first kappa shape index (κ1) is 18.6. The van der Waals surface area contributed by atoms with E-state index in [-0.39, 0.29) is 11.3 Å². The van der Waals surface area contributed by atoms with Gasteiger partial charge < -0.3 is 5.32 Å². The summed E-state index contributed by atoms with van der Waals surface area (Å²) >= 11 is 1.97. The minimum atomic E-state index is -0.259. The lowest BCUT2D eigenvalue weighted by molar-refractivity contribution is -0.121. The van der Waals surface area contributed by atoms with Crippen molar-refractivity contribution < 1.29 is 4.79 Å². The molecule has 0 saturated heterocycles. The van der Waals surface area contributed by atoms with Gasteiger partial charge in [0.1, 0.15) is 0 Å². The van der Waals surface area contributed by atoms with Crippen molar-refractivity contribution >= 4 is 33.0 Å². The largest absolute Gasteiger partial charge is 0.325 e. The quantitative estimate of drug-likeness (QED) is 0.545. The Morgan fingerprint density at radius 1 is 1.07 bits per heavy atom. The molecule has 0 bridgehead atoms. The van der Waals surface area contributed by atoms with Gasteiger partial charge in [0.15, 0.2) is 0 Å². The predicted octanol–water partition coefficient (Wildman–Crippen LogP) is 5.66. The van der Waals surface area contributed by atoms with Crippen LogP contribution in [0.4, 0.5) is 5.69 Å². The summed E-state index contributed by atoms with van der Waals surface area (Å²) in [5.41, 5.74) is 5.12. The smallest absolute Gasteiger partial charge is 0.235 e. The topological polar surface area (TPSA) is 32.3 Å². The second-order valence-corrected chi connectivity index (χ2v) is 10.3. The van der Waals surface area contributed by atoms with Gasteiger partial charge >= 0.3 is 0 Å². The van der Waals surface area contributed by atoms with Crippen molar-refractivity contribution in [2.24, 2.45) is 0 Å². The molecule has 1 amide bonds.